The van der Waals surface area contributed by atoms with Crippen LogP contribution in [0.4, 0.5) is 0 Å². The van der Waals surface area contributed by atoms with E-state index in [4.69, 9.17) is 0 Å². The van der Waals surface area contributed by atoms with Gasteiger partial charge in [0.15, 0.2) is 0 Å². The highest BCUT2D eigenvalue weighted by Crippen LogP contribution is 2.10. The van der Waals surface area contributed by atoms with Crippen molar-refractivity contribution >= 4 is 17.6 Å². The summed E-state index contributed by atoms with van der Waals surface area (Å²) in [6.45, 7) is 0.843. The number of aldehydes is 1. The van der Waals surface area contributed by atoms with E-state index in [-0.39, 0.29) is 0 Å². The summed E-state index contributed by atoms with van der Waals surface area (Å²) in [5.74, 6) is 0. The Morgan fingerprint density at radius 3 is 3.00 bits per heavy atom. The van der Waals surface area contributed by atoms with Crippen LogP contribution in [-0.4, -0.2) is 30.3 Å². The molecule has 0 saturated carbocycles. The average molecular weight is 184 g/mol. The summed E-state index contributed by atoms with van der Waals surface area (Å²) in [4.78, 5) is 16.5. The predicted octanol–water partition coefficient (Wildman–Crippen LogP) is 0.946. The molecule has 0 radical (unpaired) electrons. The summed E-state index contributed by atoms with van der Waals surface area (Å²) < 4.78 is 0. The van der Waals surface area contributed by atoms with Crippen molar-refractivity contribution in [3.05, 3.63) is 16.1 Å². The normalized spacial score (nSPS) is 10.6. The second-order valence-corrected chi connectivity index (χ2v) is 3.78. The quantitative estimate of drug-likeness (QED) is 0.653. The smallest absolute Gasteiger partial charge is 0.126 e. The van der Waals surface area contributed by atoms with Crippen LogP contribution in [0.15, 0.2) is 5.38 Å². The van der Waals surface area contributed by atoms with E-state index in [0.29, 0.717) is 6.42 Å². The number of hydrogen-bond acceptors (Lipinski definition) is 4. The van der Waals surface area contributed by atoms with Gasteiger partial charge in [-0.05, 0) is 14.1 Å². The molecule has 0 aliphatic heterocycles. The van der Waals surface area contributed by atoms with E-state index >= 15 is 0 Å². The van der Waals surface area contributed by atoms with Gasteiger partial charge in [0.2, 0.25) is 0 Å². The Labute approximate surface area is 76.0 Å². The van der Waals surface area contributed by atoms with Crippen molar-refractivity contribution in [2.75, 3.05) is 14.1 Å². The molecule has 0 atom stereocenters. The van der Waals surface area contributed by atoms with E-state index in [0.717, 1.165) is 23.5 Å². The molecular formula is C8H12N2OS. The topological polar surface area (TPSA) is 33.2 Å². The highest BCUT2D eigenvalue weighted by atomic mass is 32.1. The minimum absolute atomic E-state index is 0.443. The molecule has 0 aromatic carbocycles. The molecule has 3 nitrogen and oxygen atoms in total. The first-order valence-electron chi connectivity index (χ1n) is 3.74. The molecule has 1 aromatic heterocycles. The van der Waals surface area contributed by atoms with Crippen molar-refractivity contribution in [3.63, 3.8) is 0 Å². The van der Waals surface area contributed by atoms with Crippen LogP contribution in [0.3, 0.4) is 0 Å². The van der Waals surface area contributed by atoms with Crippen molar-refractivity contribution in [1.29, 1.82) is 0 Å². The molecule has 0 unspecified atom stereocenters. The first-order chi connectivity index (χ1) is 5.72. The van der Waals surface area contributed by atoms with Crippen molar-refractivity contribution in [2.24, 2.45) is 0 Å². The highest BCUT2D eigenvalue weighted by Gasteiger charge is 2.01. The predicted molar refractivity (Wildman–Crippen MR) is 49.3 cm³/mol. The van der Waals surface area contributed by atoms with Crippen molar-refractivity contribution in [3.8, 4) is 0 Å². The molecule has 0 aliphatic carbocycles. The summed E-state index contributed by atoms with van der Waals surface area (Å²) in [7, 11) is 4.00. The summed E-state index contributed by atoms with van der Waals surface area (Å²) in [5.41, 5.74) is 1.04. The minimum atomic E-state index is 0.443. The third-order valence-electron chi connectivity index (χ3n) is 1.34. The number of carbonyl (C=O) groups is 1. The van der Waals surface area contributed by atoms with E-state index < -0.39 is 0 Å². The molecule has 4 heteroatoms. The van der Waals surface area contributed by atoms with Crippen molar-refractivity contribution in [1.82, 2.24) is 9.88 Å². The summed E-state index contributed by atoms with van der Waals surface area (Å²) in [6.07, 6.45) is 1.33. The van der Waals surface area contributed by atoms with Gasteiger partial charge < -0.3 is 9.69 Å². The Morgan fingerprint density at radius 1 is 1.67 bits per heavy atom. The lowest BCUT2D eigenvalue weighted by molar-refractivity contribution is -0.107. The third-order valence-corrected chi connectivity index (χ3v) is 2.26. The molecule has 0 N–H and O–H groups in total. The molecule has 0 bridgehead atoms. The van der Waals surface area contributed by atoms with Gasteiger partial charge in [-0.2, -0.15) is 0 Å². The van der Waals surface area contributed by atoms with Gasteiger partial charge in [-0.25, -0.2) is 4.98 Å². The van der Waals surface area contributed by atoms with Crippen molar-refractivity contribution in [2.45, 2.75) is 13.0 Å². The van der Waals surface area contributed by atoms with Crippen LogP contribution in [0, 0.1) is 0 Å². The highest BCUT2D eigenvalue weighted by molar-refractivity contribution is 7.09. The Balaban J connectivity index is 2.57. The van der Waals surface area contributed by atoms with Crippen LogP contribution in [0.2, 0.25) is 0 Å². The molecular weight excluding hydrogens is 172 g/mol. The van der Waals surface area contributed by atoms with Crippen molar-refractivity contribution < 1.29 is 4.79 Å². The van der Waals surface area contributed by atoms with Crippen LogP contribution in [0.25, 0.3) is 0 Å². The summed E-state index contributed by atoms with van der Waals surface area (Å²) >= 11 is 1.55. The van der Waals surface area contributed by atoms with E-state index in [2.05, 4.69) is 9.88 Å². The molecule has 0 spiro atoms. The van der Waals surface area contributed by atoms with Gasteiger partial charge in [0.25, 0.3) is 0 Å². The fourth-order valence-electron chi connectivity index (χ4n) is 0.911. The Morgan fingerprint density at radius 2 is 2.42 bits per heavy atom. The summed E-state index contributed by atoms with van der Waals surface area (Å²) in [6, 6.07) is 0. The van der Waals surface area contributed by atoms with Gasteiger partial charge in [0.05, 0.1) is 17.1 Å². The fraction of sp³-hybridized carbons (Fsp3) is 0.500. The van der Waals surface area contributed by atoms with Gasteiger partial charge in [-0.3, -0.25) is 0 Å². The van der Waals surface area contributed by atoms with Crippen LogP contribution in [0.5, 0.6) is 0 Å². The van der Waals surface area contributed by atoms with Crippen LogP contribution < -0.4 is 0 Å². The molecule has 66 valence electrons. The molecule has 0 fully saturated rings. The second-order valence-electron chi connectivity index (χ2n) is 2.84. The Bertz CT molecular complexity index is 257. The molecule has 12 heavy (non-hydrogen) atoms. The van der Waals surface area contributed by atoms with E-state index in [1.54, 1.807) is 11.3 Å². The number of carbonyl (C=O) groups excluding carboxylic acids is 1. The van der Waals surface area contributed by atoms with Crippen LogP contribution >= 0.6 is 11.3 Å². The molecule has 0 aliphatic rings. The zero-order valence-electron chi connectivity index (χ0n) is 7.28. The van der Waals surface area contributed by atoms with Gasteiger partial charge in [-0.15, -0.1) is 11.3 Å². The number of rotatable bonds is 4. The molecule has 0 saturated heterocycles. The second kappa shape index (κ2) is 4.33. The first-order valence-corrected chi connectivity index (χ1v) is 4.62. The molecule has 0 amide bonds. The van der Waals surface area contributed by atoms with E-state index in [1.165, 1.54) is 0 Å². The zero-order chi connectivity index (χ0) is 8.97. The van der Waals surface area contributed by atoms with Gasteiger partial charge in [-0.1, -0.05) is 0 Å². The zero-order valence-corrected chi connectivity index (χ0v) is 8.10. The third kappa shape index (κ3) is 2.71. The molecule has 1 rings (SSSR count). The monoisotopic (exact) mass is 184 g/mol. The SMILES string of the molecule is CN(C)Cc1csc(CC=O)n1. The lowest BCUT2D eigenvalue weighted by Gasteiger charge is -2.05. The Hall–Kier alpha value is -0.740. The molecule has 1 aromatic rings. The molecule has 1 heterocycles. The van der Waals surface area contributed by atoms with Gasteiger partial charge in [0, 0.05) is 11.9 Å². The largest absolute Gasteiger partial charge is 0.304 e. The fourth-order valence-corrected chi connectivity index (χ4v) is 1.64. The summed E-state index contributed by atoms with van der Waals surface area (Å²) in [5, 5.41) is 2.90. The first kappa shape index (κ1) is 9.35. The van der Waals surface area contributed by atoms with Gasteiger partial charge >= 0.3 is 0 Å². The number of hydrogen-bond donors (Lipinski definition) is 0. The number of nitrogens with zero attached hydrogens (tertiary/aromatic N) is 2. The van der Waals surface area contributed by atoms with E-state index in [1.807, 2.05) is 19.5 Å². The average Bonchev–Trinajstić information content (AvgIpc) is 2.36. The van der Waals surface area contributed by atoms with Gasteiger partial charge in [0.1, 0.15) is 6.29 Å². The van der Waals surface area contributed by atoms with Crippen LogP contribution in [0.1, 0.15) is 10.7 Å². The maximum Gasteiger partial charge on any atom is 0.126 e. The van der Waals surface area contributed by atoms with E-state index in [9.17, 15) is 4.79 Å². The lowest BCUT2D eigenvalue weighted by Crippen LogP contribution is -2.10. The lowest BCUT2D eigenvalue weighted by atomic mass is 10.4. The van der Waals surface area contributed by atoms with Crippen LogP contribution in [-0.2, 0) is 17.8 Å². The minimum Gasteiger partial charge on any atom is -0.304 e. The number of thiazole rings is 1. The maximum absolute atomic E-state index is 10.2. The number of aromatic nitrogens is 1. The maximum atomic E-state index is 10.2. The standard InChI is InChI=1S/C8H12N2OS/c1-10(2)5-7-6-12-8(9-7)3-4-11/h4,6H,3,5H2,1-2H3. The Kier molecular flexibility index (Phi) is 3.37.